The van der Waals surface area contributed by atoms with E-state index in [0.717, 1.165) is 0 Å². The van der Waals surface area contributed by atoms with Crippen molar-refractivity contribution in [3.05, 3.63) is 0 Å². The van der Waals surface area contributed by atoms with Gasteiger partial charge in [-0.05, 0) is 20.8 Å². The fourth-order valence-electron chi connectivity index (χ4n) is 0.222. The Morgan fingerprint density at radius 3 is 2.22 bits per heavy atom. The summed E-state index contributed by atoms with van der Waals surface area (Å²) in [4.78, 5) is 9.79. The summed E-state index contributed by atoms with van der Waals surface area (Å²) >= 11 is 0. The third-order valence-corrected chi connectivity index (χ3v) is 1.36. The van der Waals surface area contributed by atoms with Crippen LogP contribution in [0.5, 0.6) is 0 Å². The van der Waals surface area contributed by atoms with Crippen molar-refractivity contribution < 1.29 is 14.6 Å². The maximum absolute atomic E-state index is 9.79. The van der Waals surface area contributed by atoms with E-state index in [1.54, 1.807) is 20.8 Å². The topological polar surface area (TPSA) is 46.5 Å². The molecule has 0 rings (SSSR count). The number of carbonyl (C=O) groups is 1. The second-order valence-corrected chi connectivity index (χ2v) is 2.49. The molecule has 0 aliphatic heterocycles. The van der Waals surface area contributed by atoms with Crippen molar-refractivity contribution in [2.45, 2.75) is 32.5 Å². The van der Waals surface area contributed by atoms with Crippen molar-refractivity contribution >= 4 is 6.47 Å². The van der Waals surface area contributed by atoms with Crippen molar-refractivity contribution in [1.29, 1.82) is 0 Å². The average Bonchev–Trinajstić information content (AvgIpc) is 1.65. The highest BCUT2D eigenvalue weighted by molar-refractivity contribution is 5.38. The van der Waals surface area contributed by atoms with Gasteiger partial charge in [-0.1, -0.05) is 0 Å². The number of rotatable bonds is 3. The number of hydrogen-bond acceptors (Lipinski definition) is 3. The first-order valence-corrected chi connectivity index (χ1v) is 2.80. The second kappa shape index (κ2) is 2.82. The summed E-state index contributed by atoms with van der Waals surface area (Å²) in [5.74, 6) is 0. The molecule has 0 aliphatic carbocycles. The van der Waals surface area contributed by atoms with Crippen molar-refractivity contribution in [3.63, 3.8) is 0 Å². The number of aliphatic hydroxyl groups is 1. The molecule has 0 aromatic carbocycles. The fraction of sp³-hybridized carbons (Fsp3) is 0.833. The lowest BCUT2D eigenvalue weighted by molar-refractivity contribution is -0.150. The Balaban J connectivity index is 3.84. The summed E-state index contributed by atoms with van der Waals surface area (Å²) in [6.45, 7) is 5.20. The molecule has 1 N–H and O–H groups in total. The molecule has 3 nitrogen and oxygen atoms in total. The van der Waals surface area contributed by atoms with E-state index in [-0.39, 0.29) is 0 Å². The molecule has 0 amide bonds. The first kappa shape index (κ1) is 8.43. The van der Waals surface area contributed by atoms with Crippen LogP contribution in [-0.4, -0.2) is 23.3 Å². The number of carbonyl (C=O) groups excluding carboxylic acids is 1. The normalized spacial score (nSPS) is 14.7. The van der Waals surface area contributed by atoms with Crippen molar-refractivity contribution in [2.75, 3.05) is 0 Å². The molecule has 9 heavy (non-hydrogen) atoms. The Hall–Kier alpha value is -0.570. The van der Waals surface area contributed by atoms with Crippen LogP contribution < -0.4 is 0 Å². The highest BCUT2D eigenvalue weighted by Gasteiger charge is 2.24. The van der Waals surface area contributed by atoms with Gasteiger partial charge >= 0.3 is 0 Å². The molecule has 54 valence electrons. The minimum Gasteiger partial charge on any atom is -0.459 e. The molecule has 0 aliphatic rings. The Morgan fingerprint density at radius 2 is 2.11 bits per heavy atom. The van der Waals surface area contributed by atoms with Crippen LogP contribution in [0.2, 0.25) is 0 Å². The molecule has 0 aromatic rings. The van der Waals surface area contributed by atoms with Crippen LogP contribution in [-0.2, 0) is 9.53 Å². The molecule has 0 heterocycles. The van der Waals surface area contributed by atoms with Crippen LogP contribution in [0.3, 0.4) is 0 Å². The Morgan fingerprint density at radius 1 is 1.67 bits per heavy atom. The van der Waals surface area contributed by atoms with Crippen molar-refractivity contribution in [3.8, 4) is 0 Å². The predicted molar refractivity (Wildman–Crippen MR) is 32.9 cm³/mol. The quantitative estimate of drug-likeness (QED) is 0.562. The monoisotopic (exact) mass is 132 g/mol. The Labute approximate surface area is 54.6 Å². The van der Waals surface area contributed by atoms with E-state index in [4.69, 9.17) is 5.11 Å². The summed E-state index contributed by atoms with van der Waals surface area (Å²) in [6.07, 6.45) is -0.636. The van der Waals surface area contributed by atoms with E-state index < -0.39 is 11.7 Å². The Bertz CT molecular complexity index is 96.5. The molecule has 0 radical (unpaired) electrons. The fourth-order valence-corrected chi connectivity index (χ4v) is 0.222. The standard InChI is InChI=1S/C6H12O3/c1-5(8)6(2,3)9-4-7/h4-5,8H,1-3H3/t5-/m1/s1. The minimum atomic E-state index is -0.762. The minimum absolute atomic E-state index is 0.340. The maximum atomic E-state index is 9.79. The zero-order chi connectivity index (χ0) is 7.49. The van der Waals surface area contributed by atoms with Gasteiger partial charge in [0.15, 0.2) is 0 Å². The van der Waals surface area contributed by atoms with Gasteiger partial charge in [-0.2, -0.15) is 0 Å². The largest absolute Gasteiger partial charge is 0.459 e. The van der Waals surface area contributed by atoms with E-state index in [1.165, 1.54) is 0 Å². The zero-order valence-electron chi connectivity index (χ0n) is 5.92. The molecule has 0 unspecified atom stereocenters. The highest BCUT2D eigenvalue weighted by Crippen LogP contribution is 2.12. The van der Waals surface area contributed by atoms with Crippen LogP contribution in [0.4, 0.5) is 0 Å². The molecular formula is C6H12O3. The predicted octanol–water partition coefficient (Wildman–Crippen LogP) is 0.319. The second-order valence-electron chi connectivity index (χ2n) is 2.49. The third kappa shape index (κ3) is 2.46. The van der Waals surface area contributed by atoms with Gasteiger partial charge in [0.05, 0.1) is 6.10 Å². The lowest BCUT2D eigenvalue weighted by Gasteiger charge is -2.25. The molecule has 0 fully saturated rings. The SMILES string of the molecule is C[C@@H](O)C(C)(C)OC=O. The van der Waals surface area contributed by atoms with Gasteiger partial charge in [0.2, 0.25) is 0 Å². The molecule has 0 spiro atoms. The molecule has 1 atom stereocenters. The van der Waals surface area contributed by atoms with Gasteiger partial charge in [0.1, 0.15) is 5.60 Å². The molecule has 3 heteroatoms. The van der Waals surface area contributed by atoms with Gasteiger partial charge in [0, 0.05) is 0 Å². The van der Waals surface area contributed by atoms with Crippen LogP contribution in [0.15, 0.2) is 0 Å². The maximum Gasteiger partial charge on any atom is 0.293 e. The van der Waals surface area contributed by atoms with E-state index >= 15 is 0 Å². The van der Waals surface area contributed by atoms with Crippen molar-refractivity contribution in [2.24, 2.45) is 0 Å². The molecule has 0 bridgehead atoms. The van der Waals surface area contributed by atoms with E-state index in [0.29, 0.717) is 6.47 Å². The zero-order valence-corrected chi connectivity index (χ0v) is 5.92. The number of aliphatic hydroxyl groups excluding tert-OH is 1. The van der Waals surface area contributed by atoms with Gasteiger partial charge in [-0.15, -0.1) is 0 Å². The molecule has 0 aromatic heterocycles. The Kier molecular flexibility index (Phi) is 2.65. The summed E-state index contributed by atoms with van der Waals surface area (Å²) in [5.41, 5.74) is -0.762. The number of ether oxygens (including phenoxy) is 1. The number of hydrogen-bond donors (Lipinski definition) is 1. The highest BCUT2D eigenvalue weighted by atomic mass is 16.5. The smallest absolute Gasteiger partial charge is 0.293 e. The summed E-state index contributed by atoms with van der Waals surface area (Å²) in [7, 11) is 0. The van der Waals surface area contributed by atoms with E-state index in [2.05, 4.69) is 4.74 Å². The van der Waals surface area contributed by atoms with Crippen LogP contribution >= 0.6 is 0 Å². The van der Waals surface area contributed by atoms with Gasteiger partial charge in [-0.3, -0.25) is 4.79 Å². The van der Waals surface area contributed by atoms with Crippen molar-refractivity contribution in [1.82, 2.24) is 0 Å². The summed E-state index contributed by atoms with van der Waals surface area (Å²) in [6, 6.07) is 0. The first-order valence-electron chi connectivity index (χ1n) is 2.80. The van der Waals surface area contributed by atoms with Gasteiger partial charge < -0.3 is 9.84 Å². The van der Waals surface area contributed by atoms with Gasteiger partial charge in [0.25, 0.3) is 6.47 Å². The van der Waals surface area contributed by atoms with Crippen LogP contribution in [0, 0.1) is 0 Å². The van der Waals surface area contributed by atoms with E-state index in [9.17, 15) is 4.79 Å². The molecule has 0 saturated heterocycles. The lowest BCUT2D eigenvalue weighted by atomic mass is 10.0. The molecular weight excluding hydrogens is 120 g/mol. The summed E-state index contributed by atoms with van der Waals surface area (Å²) in [5, 5.41) is 8.93. The summed E-state index contributed by atoms with van der Waals surface area (Å²) < 4.78 is 4.56. The third-order valence-electron chi connectivity index (χ3n) is 1.36. The van der Waals surface area contributed by atoms with Gasteiger partial charge in [-0.25, -0.2) is 0 Å². The molecule has 0 saturated carbocycles. The first-order chi connectivity index (χ1) is 4.00. The van der Waals surface area contributed by atoms with E-state index in [1.807, 2.05) is 0 Å². The van der Waals surface area contributed by atoms with Crippen LogP contribution in [0.1, 0.15) is 20.8 Å². The van der Waals surface area contributed by atoms with Crippen LogP contribution in [0.25, 0.3) is 0 Å². The lowest BCUT2D eigenvalue weighted by Crippen LogP contribution is -2.36. The average molecular weight is 132 g/mol.